The van der Waals surface area contributed by atoms with Gasteiger partial charge in [-0.2, -0.15) is 13.2 Å². The molecule has 0 aliphatic carbocycles. The number of aryl methyl sites for hydroxylation is 1. The number of benzene rings is 1. The molecule has 0 radical (unpaired) electrons. The third kappa shape index (κ3) is 4.23. The molecular formula is C17H19F3N4. The van der Waals surface area contributed by atoms with Gasteiger partial charge in [0.25, 0.3) is 0 Å². The summed E-state index contributed by atoms with van der Waals surface area (Å²) in [5, 5.41) is 3.31. The lowest BCUT2D eigenvalue weighted by Gasteiger charge is -2.17. The zero-order valence-electron chi connectivity index (χ0n) is 13.3. The average molecular weight is 336 g/mol. The molecule has 0 saturated carbocycles. The van der Waals surface area contributed by atoms with Crippen molar-refractivity contribution in [3.8, 4) is 0 Å². The van der Waals surface area contributed by atoms with Gasteiger partial charge in [0.1, 0.15) is 0 Å². The minimum Gasteiger partial charge on any atom is -0.350 e. The van der Waals surface area contributed by atoms with E-state index in [0.29, 0.717) is 12.5 Å². The van der Waals surface area contributed by atoms with E-state index in [1.165, 1.54) is 0 Å². The molecule has 1 aromatic heterocycles. The van der Waals surface area contributed by atoms with Crippen LogP contribution in [-0.2, 0) is 12.7 Å². The lowest BCUT2D eigenvalue weighted by atomic mass is 10.1. The van der Waals surface area contributed by atoms with E-state index >= 15 is 0 Å². The number of hydrogen-bond donors (Lipinski definition) is 1. The van der Waals surface area contributed by atoms with Gasteiger partial charge in [-0.25, -0.2) is 9.97 Å². The van der Waals surface area contributed by atoms with Crippen LogP contribution < -0.4 is 5.32 Å². The van der Waals surface area contributed by atoms with Crippen LogP contribution in [0.15, 0.2) is 36.5 Å². The Morgan fingerprint density at radius 3 is 2.62 bits per heavy atom. The standard InChI is InChI=1S/C17H19F3N4/c1-12-6-8-21-16(22-12)23-15-7-9-24(11-15)10-13-2-4-14(5-3-13)17(18,19)20/h2-6,8,15H,7,9-11H2,1H3,(H,21,22,23). The summed E-state index contributed by atoms with van der Waals surface area (Å²) < 4.78 is 37.7. The summed E-state index contributed by atoms with van der Waals surface area (Å²) in [6.07, 6.45) is -1.60. The minimum absolute atomic E-state index is 0.251. The van der Waals surface area contributed by atoms with E-state index in [4.69, 9.17) is 0 Å². The van der Waals surface area contributed by atoms with Crippen molar-refractivity contribution in [1.82, 2.24) is 14.9 Å². The van der Waals surface area contributed by atoms with Gasteiger partial charge in [-0.1, -0.05) is 12.1 Å². The molecule has 4 nitrogen and oxygen atoms in total. The first-order valence-electron chi connectivity index (χ1n) is 7.85. The van der Waals surface area contributed by atoms with Crippen molar-refractivity contribution in [2.45, 2.75) is 32.1 Å². The smallest absolute Gasteiger partial charge is 0.350 e. The summed E-state index contributed by atoms with van der Waals surface area (Å²) in [6.45, 7) is 4.27. The van der Waals surface area contributed by atoms with Gasteiger partial charge in [0.05, 0.1) is 5.56 Å². The molecule has 1 atom stereocenters. The Kier molecular flexibility index (Phi) is 4.71. The number of likely N-dealkylation sites (tertiary alicyclic amines) is 1. The first-order valence-corrected chi connectivity index (χ1v) is 7.85. The van der Waals surface area contributed by atoms with Gasteiger partial charge in [0, 0.05) is 37.6 Å². The Morgan fingerprint density at radius 1 is 1.21 bits per heavy atom. The average Bonchev–Trinajstić information content (AvgIpc) is 2.94. The van der Waals surface area contributed by atoms with E-state index in [0.717, 1.165) is 42.9 Å². The number of alkyl halides is 3. The summed E-state index contributed by atoms with van der Waals surface area (Å²) in [5.41, 5.74) is 1.19. The van der Waals surface area contributed by atoms with Crippen LogP contribution in [0.2, 0.25) is 0 Å². The molecule has 0 spiro atoms. The Balaban J connectivity index is 1.54. The number of halogens is 3. The highest BCUT2D eigenvalue weighted by molar-refractivity contribution is 5.28. The number of nitrogens with zero attached hydrogens (tertiary/aromatic N) is 3. The molecule has 0 amide bonds. The van der Waals surface area contributed by atoms with Gasteiger partial charge in [-0.3, -0.25) is 4.90 Å². The number of nitrogens with one attached hydrogen (secondary N) is 1. The fourth-order valence-corrected chi connectivity index (χ4v) is 2.85. The number of hydrogen-bond acceptors (Lipinski definition) is 4. The van der Waals surface area contributed by atoms with Gasteiger partial charge >= 0.3 is 6.18 Å². The number of anilines is 1. The van der Waals surface area contributed by atoms with Gasteiger partial charge < -0.3 is 5.32 Å². The van der Waals surface area contributed by atoms with E-state index in [2.05, 4.69) is 20.2 Å². The van der Waals surface area contributed by atoms with Crippen molar-refractivity contribution in [2.24, 2.45) is 0 Å². The van der Waals surface area contributed by atoms with Crippen molar-refractivity contribution in [1.29, 1.82) is 0 Å². The highest BCUT2D eigenvalue weighted by Crippen LogP contribution is 2.29. The second-order valence-corrected chi connectivity index (χ2v) is 6.08. The Morgan fingerprint density at radius 2 is 1.96 bits per heavy atom. The molecule has 3 rings (SSSR count). The van der Waals surface area contributed by atoms with E-state index < -0.39 is 11.7 Å². The molecule has 0 bridgehead atoms. The summed E-state index contributed by atoms with van der Waals surface area (Å²) >= 11 is 0. The Hall–Kier alpha value is -2.15. The second kappa shape index (κ2) is 6.76. The first kappa shape index (κ1) is 16.7. The highest BCUT2D eigenvalue weighted by atomic mass is 19.4. The SMILES string of the molecule is Cc1ccnc(NC2CCN(Cc3ccc(C(F)(F)F)cc3)C2)n1. The molecule has 2 aromatic rings. The molecule has 2 heterocycles. The van der Waals surface area contributed by atoms with Gasteiger partial charge in [-0.15, -0.1) is 0 Å². The molecule has 1 aliphatic heterocycles. The van der Waals surface area contributed by atoms with Gasteiger partial charge in [0.15, 0.2) is 0 Å². The van der Waals surface area contributed by atoms with Crippen LogP contribution in [0.3, 0.4) is 0 Å². The van der Waals surface area contributed by atoms with Crippen LogP contribution in [0.4, 0.5) is 19.1 Å². The Bertz CT molecular complexity index is 685. The lowest BCUT2D eigenvalue weighted by molar-refractivity contribution is -0.137. The van der Waals surface area contributed by atoms with Crippen molar-refractivity contribution in [2.75, 3.05) is 18.4 Å². The summed E-state index contributed by atoms with van der Waals surface area (Å²) in [6, 6.07) is 7.47. The first-order chi connectivity index (χ1) is 11.4. The molecular weight excluding hydrogens is 317 g/mol. The monoisotopic (exact) mass is 336 g/mol. The number of rotatable bonds is 4. The summed E-state index contributed by atoms with van der Waals surface area (Å²) in [5.74, 6) is 0.622. The summed E-state index contributed by atoms with van der Waals surface area (Å²) in [7, 11) is 0. The molecule has 128 valence electrons. The van der Waals surface area contributed by atoms with Crippen molar-refractivity contribution < 1.29 is 13.2 Å². The molecule has 1 N–H and O–H groups in total. The molecule has 1 fully saturated rings. The summed E-state index contributed by atoms with van der Waals surface area (Å²) in [4.78, 5) is 10.7. The van der Waals surface area contributed by atoms with Crippen LogP contribution in [0.5, 0.6) is 0 Å². The molecule has 1 unspecified atom stereocenters. The maximum absolute atomic E-state index is 12.6. The van der Waals surface area contributed by atoms with Crippen LogP contribution in [-0.4, -0.2) is 34.0 Å². The van der Waals surface area contributed by atoms with Crippen molar-refractivity contribution in [3.05, 3.63) is 53.3 Å². The van der Waals surface area contributed by atoms with E-state index in [-0.39, 0.29) is 6.04 Å². The van der Waals surface area contributed by atoms with E-state index in [1.807, 2.05) is 13.0 Å². The normalized spacial score (nSPS) is 18.8. The lowest BCUT2D eigenvalue weighted by Crippen LogP contribution is -2.26. The fraction of sp³-hybridized carbons (Fsp3) is 0.412. The zero-order valence-corrected chi connectivity index (χ0v) is 13.3. The molecule has 1 saturated heterocycles. The third-order valence-corrected chi connectivity index (χ3v) is 4.09. The van der Waals surface area contributed by atoms with Gasteiger partial charge in [0.2, 0.25) is 5.95 Å². The van der Waals surface area contributed by atoms with Crippen LogP contribution >= 0.6 is 0 Å². The van der Waals surface area contributed by atoms with Crippen LogP contribution in [0.1, 0.15) is 23.2 Å². The van der Waals surface area contributed by atoms with E-state index in [9.17, 15) is 13.2 Å². The largest absolute Gasteiger partial charge is 0.416 e. The third-order valence-electron chi connectivity index (χ3n) is 4.09. The van der Waals surface area contributed by atoms with Crippen LogP contribution in [0.25, 0.3) is 0 Å². The maximum Gasteiger partial charge on any atom is 0.416 e. The number of aromatic nitrogens is 2. The van der Waals surface area contributed by atoms with E-state index in [1.54, 1.807) is 18.3 Å². The molecule has 1 aliphatic rings. The topological polar surface area (TPSA) is 41.1 Å². The minimum atomic E-state index is -4.28. The highest BCUT2D eigenvalue weighted by Gasteiger charge is 2.30. The van der Waals surface area contributed by atoms with Crippen molar-refractivity contribution >= 4 is 5.95 Å². The molecule has 24 heavy (non-hydrogen) atoms. The van der Waals surface area contributed by atoms with Gasteiger partial charge in [-0.05, 0) is 37.1 Å². The van der Waals surface area contributed by atoms with Crippen LogP contribution in [0, 0.1) is 6.92 Å². The Labute approximate surface area is 138 Å². The quantitative estimate of drug-likeness (QED) is 0.928. The molecule has 7 heteroatoms. The van der Waals surface area contributed by atoms with Crippen molar-refractivity contribution in [3.63, 3.8) is 0 Å². The second-order valence-electron chi connectivity index (χ2n) is 6.08. The maximum atomic E-state index is 12.6. The fourth-order valence-electron chi connectivity index (χ4n) is 2.85. The predicted octanol–water partition coefficient (Wildman–Crippen LogP) is 3.49. The molecule has 1 aromatic carbocycles. The predicted molar refractivity (Wildman–Crippen MR) is 85.5 cm³/mol. The zero-order chi connectivity index (χ0) is 17.2.